The van der Waals surface area contributed by atoms with Crippen LogP contribution in [0.1, 0.15) is 16.7 Å². The van der Waals surface area contributed by atoms with Crippen molar-refractivity contribution in [2.45, 2.75) is 13.0 Å². The van der Waals surface area contributed by atoms with Crippen LogP contribution in [0.5, 0.6) is 5.75 Å². The molecular weight excluding hydrogens is 309 g/mol. The first kappa shape index (κ1) is 16.4. The van der Waals surface area contributed by atoms with E-state index >= 15 is 0 Å². The van der Waals surface area contributed by atoms with Crippen molar-refractivity contribution < 1.29 is 22.7 Å². The van der Waals surface area contributed by atoms with E-state index in [-0.39, 0.29) is 12.4 Å². The summed E-state index contributed by atoms with van der Waals surface area (Å²) in [6.07, 6.45) is -3.31. The first-order valence-corrected chi connectivity index (χ1v) is 6.47. The number of oxime groups is 1. The van der Waals surface area contributed by atoms with Crippen LogP contribution < -0.4 is 4.74 Å². The van der Waals surface area contributed by atoms with Crippen molar-refractivity contribution in [3.63, 3.8) is 0 Å². The minimum absolute atomic E-state index is 0.0809. The molecule has 0 aromatic heterocycles. The smallest absolute Gasteiger partial charge is 0.406 e. The van der Waals surface area contributed by atoms with E-state index in [0.29, 0.717) is 16.7 Å². The number of halogens is 3. The van der Waals surface area contributed by atoms with Gasteiger partial charge in [0.25, 0.3) is 0 Å². The Kier molecular flexibility index (Phi) is 5.20. The number of hydrogen-bond acceptors (Lipinski definition) is 4. The fourth-order valence-corrected chi connectivity index (χ4v) is 1.70. The zero-order valence-corrected chi connectivity index (χ0v) is 11.7. The Hall–Kier alpha value is -3.01. The van der Waals surface area contributed by atoms with Crippen LogP contribution in [0.15, 0.2) is 53.7 Å². The third-order valence-corrected chi connectivity index (χ3v) is 2.74. The summed E-state index contributed by atoms with van der Waals surface area (Å²) >= 11 is 0. The number of alkyl halides is 3. The van der Waals surface area contributed by atoms with Crippen molar-refractivity contribution in [2.75, 3.05) is 0 Å². The summed E-state index contributed by atoms with van der Waals surface area (Å²) in [5.41, 5.74) is 1.71. The van der Waals surface area contributed by atoms with E-state index in [2.05, 4.69) is 9.89 Å². The number of benzene rings is 2. The molecule has 0 aliphatic rings. The highest BCUT2D eigenvalue weighted by Gasteiger charge is 2.30. The molecule has 0 radical (unpaired) electrons. The Morgan fingerprint density at radius 2 is 1.78 bits per heavy atom. The van der Waals surface area contributed by atoms with Crippen LogP contribution in [0.4, 0.5) is 13.2 Å². The molecule has 0 bridgehead atoms. The van der Waals surface area contributed by atoms with Crippen LogP contribution in [0.25, 0.3) is 0 Å². The normalized spacial score (nSPS) is 11.2. The van der Waals surface area contributed by atoms with Gasteiger partial charge in [-0.1, -0.05) is 35.5 Å². The molecule has 0 fully saturated rings. The van der Waals surface area contributed by atoms with Crippen molar-refractivity contribution in [3.05, 3.63) is 65.2 Å². The molecule has 0 spiro atoms. The Balaban J connectivity index is 1.89. The zero-order valence-electron chi connectivity index (χ0n) is 11.7. The Morgan fingerprint density at radius 3 is 2.43 bits per heavy atom. The average Bonchev–Trinajstić information content (AvgIpc) is 2.52. The molecule has 118 valence electrons. The van der Waals surface area contributed by atoms with Crippen LogP contribution in [0.2, 0.25) is 0 Å². The van der Waals surface area contributed by atoms with Crippen molar-refractivity contribution in [3.8, 4) is 11.8 Å². The van der Waals surface area contributed by atoms with E-state index in [0.717, 1.165) is 0 Å². The number of hydrogen-bond donors (Lipinski definition) is 0. The van der Waals surface area contributed by atoms with Crippen LogP contribution in [-0.4, -0.2) is 12.6 Å². The van der Waals surface area contributed by atoms with Gasteiger partial charge in [0.1, 0.15) is 12.4 Å². The van der Waals surface area contributed by atoms with Gasteiger partial charge in [-0.05, 0) is 23.8 Å². The molecule has 2 aromatic carbocycles. The second-order valence-corrected chi connectivity index (χ2v) is 4.40. The number of nitrogens with zero attached hydrogens (tertiary/aromatic N) is 2. The molecule has 2 aromatic rings. The summed E-state index contributed by atoms with van der Waals surface area (Å²) in [6.45, 7) is 0.0809. The van der Waals surface area contributed by atoms with Gasteiger partial charge in [0, 0.05) is 5.56 Å². The van der Waals surface area contributed by atoms with Gasteiger partial charge in [0.15, 0.2) is 0 Å². The molecule has 0 unspecified atom stereocenters. The summed E-state index contributed by atoms with van der Waals surface area (Å²) in [6, 6.07) is 14.2. The molecule has 7 heteroatoms. The summed E-state index contributed by atoms with van der Waals surface area (Å²) in [7, 11) is 0. The van der Waals surface area contributed by atoms with E-state index in [1.54, 1.807) is 24.3 Å². The fraction of sp³-hybridized carbons (Fsp3) is 0.125. The largest absolute Gasteiger partial charge is 0.573 e. The van der Waals surface area contributed by atoms with Crippen molar-refractivity contribution in [1.82, 2.24) is 0 Å². The third-order valence-electron chi connectivity index (χ3n) is 2.74. The molecule has 0 amide bonds. The standard InChI is InChI=1S/C16H11F3N2O2/c17-16(18,19)23-15-7-5-12(6-8-15)11-22-21-10-14-4-2-1-3-13(14)9-20/h1-8,10H,11H2. The van der Waals surface area contributed by atoms with Gasteiger partial charge in [-0.25, -0.2) is 0 Å². The maximum atomic E-state index is 12.0. The molecule has 0 saturated heterocycles. The number of nitriles is 1. The number of ether oxygens (including phenoxy) is 1. The maximum Gasteiger partial charge on any atom is 0.573 e. The Morgan fingerprint density at radius 1 is 1.09 bits per heavy atom. The quantitative estimate of drug-likeness (QED) is 0.618. The zero-order chi connectivity index (χ0) is 16.7. The minimum atomic E-state index is -4.71. The van der Waals surface area contributed by atoms with Crippen molar-refractivity contribution in [1.29, 1.82) is 5.26 Å². The molecule has 0 N–H and O–H groups in total. The predicted molar refractivity (Wildman–Crippen MR) is 76.7 cm³/mol. The lowest BCUT2D eigenvalue weighted by Crippen LogP contribution is -2.17. The molecule has 2 rings (SSSR count). The molecule has 4 nitrogen and oxygen atoms in total. The SMILES string of the molecule is N#Cc1ccccc1C=NOCc1ccc(OC(F)(F)F)cc1. The van der Waals surface area contributed by atoms with Gasteiger partial charge in [0.2, 0.25) is 0 Å². The van der Waals surface area contributed by atoms with E-state index in [1.165, 1.54) is 30.5 Å². The van der Waals surface area contributed by atoms with Gasteiger partial charge in [0.05, 0.1) is 17.8 Å². The highest BCUT2D eigenvalue weighted by molar-refractivity contribution is 5.82. The van der Waals surface area contributed by atoms with Crippen molar-refractivity contribution in [2.24, 2.45) is 5.16 Å². The second kappa shape index (κ2) is 7.31. The Labute approximate surface area is 130 Å². The summed E-state index contributed by atoms with van der Waals surface area (Å²) in [4.78, 5) is 5.06. The molecule has 0 aliphatic heterocycles. The maximum absolute atomic E-state index is 12.0. The lowest BCUT2D eigenvalue weighted by atomic mass is 10.1. The highest BCUT2D eigenvalue weighted by atomic mass is 19.4. The van der Waals surface area contributed by atoms with Gasteiger partial charge in [-0.3, -0.25) is 0 Å². The number of rotatable bonds is 5. The second-order valence-electron chi connectivity index (χ2n) is 4.40. The molecule has 0 aliphatic carbocycles. The summed E-state index contributed by atoms with van der Waals surface area (Å²) in [5, 5.41) is 12.7. The molecule has 23 heavy (non-hydrogen) atoms. The predicted octanol–water partition coefficient (Wildman–Crippen LogP) is 4.01. The van der Waals surface area contributed by atoms with Crippen molar-refractivity contribution >= 4 is 6.21 Å². The fourth-order valence-electron chi connectivity index (χ4n) is 1.70. The molecular formula is C16H11F3N2O2. The molecule has 0 atom stereocenters. The first-order chi connectivity index (χ1) is 11.0. The van der Waals surface area contributed by atoms with E-state index in [9.17, 15) is 13.2 Å². The van der Waals surface area contributed by atoms with Crippen LogP contribution in [-0.2, 0) is 11.4 Å². The van der Waals surface area contributed by atoms with E-state index in [4.69, 9.17) is 10.1 Å². The van der Waals surface area contributed by atoms with Gasteiger partial charge >= 0.3 is 6.36 Å². The topological polar surface area (TPSA) is 54.6 Å². The first-order valence-electron chi connectivity index (χ1n) is 6.47. The molecule has 0 heterocycles. The summed E-state index contributed by atoms with van der Waals surface area (Å²) in [5.74, 6) is -0.298. The third kappa shape index (κ3) is 5.36. The average molecular weight is 320 g/mol. The van der Waals surface area contributed by atoms with Crippen LogP contribution in [0, 0.1) is 11.3 Å². The Bertz CT molecular complexity index is 719. The minimum Gasteiger partial charge on any atom is -0.406 e. The molecule has 0 saturated carbocycles. The van der Waals surface area contributed by atoms with E-state index < -0.39 is 6.36 Å². The lowest BCUT2D eigenvalue weighted by molar-refractivity contribution is -0.274. The lowest BCUT2D eigenvalue weighted by Gasteiger charge is -2.08. The van der Waals surface area contributed by atoms with Crippen LogP contribution in [0.3, 0.4) is 0 Å². The van der Waals surface area contributed by atoms with E-state index in [1.807, 2.05) is 6.07 Å². The monoisotopic (exact) mass is 320 g/mol. The van der Waals surface area contributed by atoms with Gasteiger partial charge in [-0.15, -0.1) is 13.2 Å². The van der Waals surface area contributed by atoms with Gasteiger partial charge < -0.3 is 9.57 Å². The van der Waals surface area contributed by atoms with Gasteiger partial charge in [-0.2, -0.15) is 5.26 Å². The highest BCUT2D eigenvalue weighted by Crippen LogP contribution is 2.22. The van der Waals surface area contributed by atoms with Crippen LogP contribution >= 0.6 is 0 Å². The summed E-state index contributed by atoms with van der Waals surface area (Å²) < 4.78 is 39.8.